The summed E-state index contributed by atoms with van der Waals surface area (Å²) >= 11 is 0. The lowest BCUT2D eigenvalue weighted by molar-refractivity contribution is -0.159. The van der Waals surface area contributed by atoms with E-state index in [-0.39, 0.29) is 6.61 Å². The SMILES string of the molecule is COC(=O)c1ccc(OCC(O)CNC2CCCCC2C)c(OC)c1.O=C(O)C(=O)O. The van der Waals surface area contributed by atoms with E-state index in [1.54, 1.807) is 18.2 Å². The van der Waals surface area contributed by atoms with Crippen LogP contribution in [0.1, 0.15) is 43.0 Å². The molecule has 1 aromatic rings. The molecule has 3 atom stereocenters. The van der Waals surface area contributed by atoms with E-state index in [4.69, 9.17) is 29.3 Å². The predicted octanol–water partition coefficient (Wildman–Crippen LogP) is 1.55. The van der Waals surface area contributed by atoms with E-state index >= 15 is 0 Å². The molecule has 0 heterocycles. The molecule has 10 heteroatoms. The summed E-state index contributed by atoms with van der Waals surface area (Å²) < 4.78 is 15.6. The average molecular weight is 441 g/mol. The van der Waals surface area contributed by atoms with Crippen LogP contribution in [0.3, 0.4) is 0 Å². The number of hydrogen-bond acceptors (Lipinski definition) is 8. The molecule has 1 aliphatic rings. The fourth-order valence-corrected chi connectivity index (χ4v) is 3.18. The standard InChI is InChI=1S/C19H29NO5.C2H2O4/c1-13-6-4-5-7-16(13)20-11-15(21)12-25-17-9-8-14(19(22)24-3)10-18(17)23-2;3-1(4)2(5)6/h8-10,13,15-16,20-21H,4-7,11-12H2,1-3H3;(H,3,4)(H,5,6). The molecule has 2 rings (SSSR count). The molecule has 174 valence electrons. The topological polar surface area (TPSA) is 152 Å². The number of nitrogens with one attached hydrogen (secondary N) is 1. The average Bonchev–Trinajstić information content (AvgIpc) is 2.76. The van der Waals surface area contributed by atoms with Crippen LogP contribution < -0.4 is 14.8 Å². The van der Waals surface area contributed by atoms with Crippen molar-refractivity contribution in [3.8, 4) is 11.5 Å². The van der Waals surface area contributed by atoms with Crippen LogP contribution in [-0.4, -0.2) is 72.7 Å². The number of aliphatic hydroxyl groups is 1. The van der Waals surface area contributed by atoms with Crippen molar-refractivity contribution < 1.29 is 43.9 Å². The van der Waals surface area contributed by atoms with E-state index in [0.29, 0.717) is 35.6 Å². The quantitative estimate of drug-likeness (QED) is 0.345. The Kier molecular flexibility index (Phi) is 11.4. The zero-order valence-electron chi connectivity index (χ0n) is 18.0. The van der Waals surface area contributed by atoms with Gasteiger partial charge >= 0.3 is 17.9 Å². The monoisotopic (exact) mass is 441 g/mol. The molecular weight excluding hydrogens is 410 g/mol. The van der Waals surface area contributed by atoms with Crippen LogP contribution >= 0.6 is 0 Å². The van der Waals surface area contributed by atoms with Crippen molar-refractivity contribution in [2.24, 2.45) is 5.92 Å². The number of carbonyl (C=O) groups is 3. The van der Waals surface area contributed by atoms with Gasteiger partial charge in [0.05, 0.1) is 19.8 Å². The molecule has 0 saturated heterocycles. The number of hydrogen-bond donors (Lipinski definition) is 4. The number of ether oxygens (including phenoxy) is 3. The minimum atomic E-state index is -1.82. The molecule has 31 heavy (non-hydrogen) atoms. The first-order valence-corrected chi connectivity index (χ1v) is 9.96. The van der Waals surface area contributed by atoms with Gasteiger partial charge in [0, 0.05) is 12.6 Å². The van der Waals surface area contributed by atoms with Gasteiger partial charge in [-0.25, -0.2) is 14.4 Å². The molecule has 1 aromatic carbocycles. The van der Waals surface area contributed by atoms with Gasteiger partial charge in [0.15, 0.2) is 11.5 Å². The number of carboxylic acids is 2. The molecular formula is C21H31NO9. The second-order valence-corrected chi connectivity index (χ2v) is 7.21. The van der Waals surface area contributed by atoms with Gasteiger partial charge in [0.2, 0.25) is 0 Å². The van der Waals surface area contributed by atoms with Crippen molar-refractivity contribution >= 4 is 17.9 Å². The summed E-state index contributed by atoms with van der Waals surface area (Å²) in [4.78, 5) is 29.8. The van der Waals surface area contributed by atoms with Crippen LogP contribution in [0, 0.1) is 5.92 Å². The van der Waals surface area contributed by atoms with Crippen molar-refractivity contribution in [3.63, 3.8) is 0 Å². The summed E-state index contributed by atoms with van der Waals surface area (Å²) in [5.74, 6) is -2.52. The Labute approximate surface area is 181 Å². The van der Waals surface area contributed by atoms with Crippen LogP contribution in [0.5, 0.6) is 11.5 Å². The zero-order chi connectivity index (χ0) is 23.4. The highest BCUT2D eigenvalue weighted by atomic mass is 16.5. The predicted molar refractivity (Wildman–Crippen MR) is 111 cm³/mol. The zero-order valence-corrected chi connectivity index (χ0v) is 18.0. The Hall–Kier alpha value is -2.85. The summed E-state index contributed by atoms with van der Waals surface area (Å²) in [6.07, 6.45) is 4.34. The number of methoxy groups -OCH3 is 2. The first kappa shape index (κ1) is 26.2. The second-order valence-electron chi connectivity index (χ2n) is 7.21. The summed E-state index contributed by atoms with van der Waals surface area (Å²) in [5.41, 5.74) is 0.389. The normalized spacial score (nSPS) is 18.7. The Morgan fingerprint density at radius 1 is 1.10 bits per heavy atom. The molecule has 1 fully saturated rings. The van der Waals surface area contributed by atoms with Crippen molar-refractivity contribution in [2.75, 3.05) is 27.4 Å². The van der Waals surface area contributed by atoms with E-state index < -0.39 is 24.0 Å². The van der Waals surface area contributed by atoms with Gasteiger partial charge in [-0.1, -0.05) is 19.8 Å². The highest BCUT2D eigenvalue weighted by molar-refractivity contribution is 6.27. The van der Waals surface area contributed by atoms with Crippen LogP contribution in [0.4, 0.5) is 0 Å². The first-order chi connectivity index (χ1) is 14.7. The lowest BCUT2D eigenvalue weighted by Gasteiger charge is -2.30. The van der Waals surface area contributed by atoms with Crippen LogP contribution in [0.2, 0.25) is 0 Å². The number of carbonyl (C=O) groups excluding carboxylic acids is 1. The molecule has 4 N–H and O–H groups in total. The van der Waals surface area contributed by atoms with E-state index in [1.165, 1.54) is 33.5 Å². The fourth-order valence-electron chi connectivity index (χ4n) is 3.18. The summed E-state index contributed by atoms with van der Waals surface area (Å²) in [5, 5.41) is 28.4. The van der Waals surface area contributed by atoms with Gasteiger partial charge in [-0.2, -0.15) is 0 Å². The van der Waals surface area contributed by atoms with E-state index in [0.717, 1.165) is 6.42 Å². The Balaban J connectivity index is 0.000000703. The van der Waals surface area contributed by atoms with Crippen LogP contribution in [0.15, 0.2) is 18.2 Å². The van der Waals surface area contributed by atoms with Crippen molar-refractivity contribution in [3.05, 3.63) is 23.8 Å². The number of aliphatic carboxylic acids is 2. The van der Waals surface area contributed by atoms with Crippen molar-refractivity contribution in [1.29, 1.82) is 0 Å². The van der Waals surface area contributed by atoms with Crippen molar-refractivity contribution in [2.45, 2.75) is 44.8 Å². The highest BCUT2D eigenvalue weighted by Gasteiger charge is 2.21. The summed E-state index contributed by atoms with van der Waals surface area (Å²) in [6, 6.07) is 5.29. The van der Waals surface area contributed by atoms with Gasteiger partial charge in [-0.3, -0.25) is 0 Å². The van der Waals surface area contributed by atoms with Gasteiger partial charge < -0.3 is 34.8 Å². The molecule has 0 bridgehead atoms. The van der Waals surface area contributed by atoms with Crippen LogP contribution in [-0.2, 0) is 14.3 Å². The van der Waals surface area contributed by atoms with Gasteiger partial charge in [-0.15, -0.1) is 0 Å². The Bertz CT molecular complexity index is 726. The van der Waals surface area contributed by atoms with Gasteiger partial charge in [0.25, 0.3) is 0 Å². The third-order valence-corrected chi connectivity index (χ3v) is 4.93. The van der Waals surface area contributed by atoms with E-state index in [9.17, 15) is 9.90 Å². The number of rotatable bonds is 8. The molecule has 0 aliphatic heterocycles. The maximum Gasteiger partial charge on any atom is 0.414 e. The van der Waals surface area contributed by atoms with Gasteiger partial charge in [-0.05, 0) is 37.0 Å². The summed E-state index contributed by atoms with van der Waals surface area (Å²) in [7, 11) is 2.83. The Morgan fingerprint density at radius 2 is 1.74 bits per heavy atom. The van der Waals surface area contributed by atoms with Crippen molar-refractivity contribution in [1.82, 2.24) is 5.32 Å². The van der Waals surface area contributed by atoms with E-state index in [1.807, 2.05) is 0 Å². The Morgan fingerprint density at radius 3 is 2.29 bits per heavy atom. The van der Waals surface area contributed by atoms with Crippen LogP contribution in [0.25, 0.3) is 0 Å². The second kappa shape index (κ2) is 13.5. The molecule has 1 aliphatic carbocycles. The third-order valence-electron chi connectivity index (χ3n) is 4.93. The number of benzene rings is 1. The third kappa shape index (κ3) is 9.22. The molecule has 0 spiro atoms. The first-order valence-electron chi connectivity index (χ1n) is 9.96. The minimum absolute atomic E-state index is 0.155. The highest BCUT2D eigenvalue weighted by Crippen LogP contribution is 2.28. The summed E-state index contributed by atoms with van der Waals surface area (Å²) in [6.45, 7) is 2.91. The molecule has 0 aromatic heterocycles. The largest absolute Gasteiger partial charge is 0.493 e. The minimum Gasteiger partial charge on any atom is -0.493 e. The lowest BCUT2D eigenvalue weighted by Crippen LogP contribution is -2.42. The molecule has 3 unspecified atom stereocenters. The fraction of sp³-hybridized carbons (Fsp3) is 0.571. The lowest BCUT2D eigenvalue weighted by atomic mass is 9.86. The number of esters is 1. The maximum atomic E-state index is 11.6. The van der Waals surface area contributed by atoms with E-state index in [2.05, 4.69) is 17.0 Å². The molecule has 0 radical (unpaired) electrons. The molecule has 1 saturated carbocycles. The maximum absolute atomic E-state index is 11.6. The molecule has 0 amide bonds. The molecule has 10 nitrogen and oxygen atoms in total. The number of carboxylic acid groups (broad SMARTS) is 2. The van der Waals surface area contributed by atoms with Gasteiger partial charge in [0.1, 0.15) is 12.7 Å². The smallest absolute Gasteiger partial charge is 0.414 e. The number of aliphatic hydroxyl groups excluding tert-OH is 1.